The molecule has 2 aromatic carbocycles. The van der Waals surface area contributed by atoms with E-state index in [2.05, 4.69) is 10.9 Å². The zero-order valence-electron chi connectivity index (χ0n) is 12.2. The predicted molar refractivity (Wildman–Crippen MR) is 94.2 cm³/mol. The Labute approximate surface area is 158 Å². The van der Waals surface area contributed by atoms with Crippen molar-refractivity contribution in [3.05, 3.63) is 62.6 Å². The van der Waals surface area contributed by atoms with Crippen molar-refractivity contribution in [1.82, 2.24) is 10.9 Å². The number of hydrazine groups is 1. The van der Waals surface area contributed by atoms with Crippen LogP contribution in [0.2, 0.25) is 15.1 Å². The molecule has 0 atom stereocenters. The molecule has 0 saturated heterocycles. The highest BCUT2D eigenvalue weighted by Gasteiger charge is 2.20. The number of amides is 2. The number of halogens is 3. The molecule has 7 nitrogen and oxygen atoms in total. The van der Waals surface area contributed by atoms with E-state index in [1.165, 1.54) is 24.3 Å². The second-order valence-electron chi connectivity index (χ2n) is 4.72. The molecule has 0 aromatic heterocycles. The molecule has 0 saturated carbocycles. The maximum Gasteiger partial charge on any atom is 0.271 e. The van der Waals surface area contributed by atoms with Crippen LogP contribution >= 0.6 is 34.8 Å². The second-order valence-corrected chi connectivity index (χ2v) is 7.50. The third kappa shape index (κ3) is 4.83. The van der Waals surface area contributed by atoms with E-state index >= 15 is 0 Å². The van der Waals surface area contributed by atoms with Crippen LogP contribution in [0.1, 0.15) is 20.7 Å². The maximum atomic E-state index is 12.1. The number of benzene rings is 2. The largest absolute Gasteiger partial charge is 0.271 e. The summed E-state index contributed by atoms with van der Waals surface area (Å²) in [4.78, 5) is 23.6. The van der Waals surface area contributed by atoms with Gasteiger partial charge in [0.15, 0.2) is 0 Å². The highest BCUT2D eigenvalue weighted by molar-refractivity contribution is 7.89. The van der Waals surface area contributed by atoms with Crippen LogP contribution in [-0.4, -0.2) is 20.2 Å². The van der Waals surface area contributed by atoms with E-state index in [1.807, 2.05) is 0 Å². The highest BCUT2D eigenvalue weighted by Crippen LogP contribution is 2.27. The fourth-order valence-electron chi connectivity index (χ4n) is 1.78. The van der Waals surface area contributed by atoms with Gasteiger partial charge in [-0.15, -0.1) is 0 Å². The summed E-state index contributed by atoms with van der Waals surface area (Å²) in [5.74, 6) is -1.46. The van der Waals surface area contributed by atoms with Crippen molar-refractivity contribution in [3.8, 4) is 0 Å². The van der Waals surface area contributed by atoms with Crippen LogP contribution in [0, 0.1) is 0 Å². The Hall–Kier alpha value is -1.84. The standard InChI is InChI=1S/C14H10Cl3N3O4S/c15-8-3-1-7(2-4-8)13(21)19-20-14(22)9-5-12(25(18,23)24)11(17)6-10(9)16/h1-6H,(H,19,21)(H,20,22)(H2,18,23,24). The van der Waals surface area contributed by atoms with Gasteiger partial charge in [-0.1, -0.05) is 34.8 Å². The minimum absolute atomic E-state index is 0.115. The van der Waals surface area contributed by atoms with E-state index in [9.17, 15) is 18.0 Å². The third-order valence-electron chi connectivity index (χ3n) is 2.97. The Bertz CT molecular complexity index is 947. The SMILES string of the molecule is NS(=O)(=O)c1cc(C(=O)NNC(=O)c2ccc(Cl)cc2)c(Cl)cc1Cl. The minimum Gasteiger partial charge on any atom is -0.267 e. The molecule has 132 valence electrons. The number of primary sulfonamides is 1. The summed E-state index contributed by atoms with van der Waals surface area (Å²) in [5, 5.41) is 5.13. The Morgan fingerprint density at radius 1 is 0.880 bits per heavy atom. The fraction of sp³-hybridized carbons (Fsp3) is 0. The summed E-state index contributed by atoms with van der Waals surface area (Å²) >= 11 is 17.4. The average molecular weight is 423 g/mol. The summed E-state index contributed by atoms with van der Waals surface area (Å²) < 4.78 is 22.9. The lowest BCUT2D eigenvalue weighted by atomic mass is 10.2. The molecule has 2 amide bonds. The minimum atomic E-state index is -4.16. The van der Waals surface area contributed by atoms with Gasteiger partial charge in [0.1, 0.15) is 4.90 Å². The molecule has 0 aliphatic rings. The van der Waals surface area contributed by atoms with Crippen molar-refractivity contribution >= 4 is 56.6 Å². The molecule has 0 radical (unpaired) electrons. The number of nitrogens with two attached hydrogens (primary N) is 1. The van der Waals surface area contributed by atoms with Gasteiger partial charge >= 0.3 is 0 Å². The van der Waals surface area contributed by atoms with Crippen molar-refractivity contribution < 1.29 is 18.0 Å². The fourth-order valence-corrected chi connectivity index (χ4v) is 3.31. The molecule has 0 aliphatic carbocycles. The molecule has 0 bridgehead atoms. The smallest absolute Gasteiger partial charge is 0.267 e. The van der Waals surface area contributed by atoms with Gasteiger partial charge < -0.3 is 0 Å². The molecule has 2 aromatic rings. The van der Waals surface area contributed by atoms with Crippen molar-refractivity contribution in [2.75, 3.05) is 0 Å². The maximum absolute atomic E-state index is 12.1. The van der Waals surface area contributed by atoms with Gasteiger partial charge in [0.05, 0.1) is 15.6 Å². The Balaban J connectivity index is 2.18. The zero-order chi connectivity index (χ0) is 18.8. The van der Waals surface area contributed by atoms with E-state index in [1.54, 1.807) is 0 Å². The van der Waals surface area contributed by atoms with Gasteiger partial charge in [0, 0.05) is 10.6 Å². The molecular weight excluding hydrogens is 413 g/mol. The van der Waals surface area contributed by atoms with Crippen LogP contribution in [-0.2, 0) is 10.0 Å². The van der Waals surface area contributed by atoms with Crippen LogP contribution in [0.4, 0.5) is 0 Å². The van der Waals surface area contributed by atoms with Crippen LogP contribution in [0.3, 0.4) is 0 Å². The molecular formula is C14H10Cl3N3O4S. The normalized spacial score (nSPS) is 11.0. The van der Waals surface area contributed by atoms with Crippen molar-refractivity contribution in [1.29, 1.82) is 0 Å². The van der Waals surface area contributed by atoms with Crippen LogP contribution in [0.15, 0.2) is 41.3 Å². The van der Waals surface area contributed by atoms with Gasteiger partial charge in [-0.2, -0.15) is 0 Å². The first-order valence-corrected chi connectivity index (χ1v) is 9.15. The first-order chi connectivity index (χ1) is 11.6. The van der Waals surface area contributed by atoms with Gasteiger partial charge in [-0.3, -0.25) is 20.4 Å². The quantitative estimate of drug-likeness (QED) is 0.658. The lowest BCUT2D eigenvalue weighted by Gasteiger charge is -2.10. The molecule has 11 heteroatoms. The Morgan fingerprint density at radius 3 is 2.00 bits per heavy atom. The summed E-state index contributed by atoms with van der Waals surface area (Å²) in [5.41, 5.74) is 4.30. The second kappa shape index (κ2) is 7.59. The Morgan fingerprint density at radius 2 is 1.44 bits per heavy atom. The lowest BCUT2D eigenvalue weighted by molar-refractivity contribution is 0.0846. The first-order valence-electron chi connectivity index (χ1n) is 6.47. The highest BCUT2D eigenvalue weighted by atomic mass is 35.5. The molecule has 0 fully saturated rings. The topological polar surface area (TPSA) is 118 Å². The van der Waals surface area contributed by atoms with Gasteiger partial charge in [-0.25, -0.2) is 13.6 Å². The summed E-state index contributed by atoms with van der Waals surface area (Å²) in [6.45, 7) is 0. The van der Waals surface area contributed by atoms with Crippen LogP contribution < -0.4 is 16.0 Å². The molecule has 4 N–H and O–H groups in total. The van der Waals surface area contributed by atoms with Crippen LogP contribution in [0.25, 0.3) is 0 Å². The van der Waals surface area contributed by atoms with E-state index in [-0.39, 0.29) is 21.2 Å². The van der Waals surface area contributed by atoms with E-state index in [0.717, 1.165) is 12.1 Å². The van der Waals surface area contributed by atoms with Gasteiger partial charge in [-0.05, 0) is 36.4 Å². The third-order valence-corrected chi connectivity index (χ3v) is 4.91. The number of carbonyl (C=O) groups excluding carboxylic acids is 2. The average Bonchev–Trinajstić information content (AvgIpc) is 2.51. The molecule has 2 rings (SSSR count). The number of rotatable bonds is 3. The summed E-state index contributed by atoms with van der Waals surface area (Å²) in [7, 11) is -4.16. The number of nitrogens with one attached hydrogen (secondary N) is 2. The molecule has 0 unspecified atom stereocenters. The van der Waals surface area contributed by atoms with Gasteiger partial charge in [0.25, 0.3) is 11.8 Å². The summed E-state index contributed by atoms with van der Waals surface area (Å²) in [6.07, 6.45) is 0. The van der Waals surface area contributed by atoms with E-state index in [0.29, 0.717) is 5.02 Å². The molecule has 0 aliphatic heterocycles. The number of hydrogen-bond acceptors (Lipinski definition) is 4. The van der Waals surface area contributed by atoms with Crippen molar-refractivity contribution in [3.63, 3.8) is 0 Å². The van der Waals surface area contributed by atoms with E-state index in [4.69, 9.17) is 39.9 Å². The number of sulfonamides is 1. The predicted octanol–water partition coefficient (Wildman–Crippen LogP) is 2.37. The van der Waals surface area contributed by atoms with Crippen LogP contribution in [0.5, 0.6) is 0 Å². The summed E-state index contributed by atoms with van der Waals surface area (Å²) in [6, 6.07) is 7.92. The monoisotopic (exact) mass is 421 g/mol. The zero-order valence-corrected chi connectivity index (χ0v) is 15.3. The molecule has 0 heterocycles. The van der Waals surface area contributed by atoms with Gasteiger partial charge in [0.2, 0.25) is 10.0 Å². The Kier molecular flexibility index (Phi) is 5.91. The van der Waals surface area contributed by atoms with E-state index < -0.39 is 26.7 Å². The molecule has 25 heavy (non-hydrogen) atoms. The number of carbonyl (C=O) groups is 2. The lowest BCUT2D eigenvalue weighted by Crippen LogP contribution is -2.41. The van der Waals surface area contributed by atoms with Crippen molar-refractivity contribution in [2.24, 2.45) is 5.14 Å². The number of hydrogen-bond donors (Lipinski definition) is 3. The molecule has 0 spiro atoms. The van der Waals surface area contributed by atoms with Crippen molar-refractivity contribution in [2.45, 2.75) is 4.90 Å². The first kappa shape index (κ1) is 19.5.